The number of fused-ring (bicyclic) bond motifs is 4. The van der Waals surface area contributed by atoms with Gasteiger partial charge in [-0.3, -0.25) is 0 Å². The Bertz CT molecular complexity index is 1560. The van der Waals surface area contributed by atoms with Crippen LogP contribution in [0.5, 0.6) is 11.5 Å². The molecule has 0 unspecified atom stereocenters. The van der Waals surface area contributed by atoms with Crippen LogP contribution in [0.3, 0.4) is 0 Å². The van der Waals surface area contributed by atoms with Crippen molar-refractivity contribution in [2.24, 2.45) is 0 Å². The lowest BCUT2D eigenvalue weighted by Crippen LogP contribution is -2.32. The van der Waals surface area contributed by atoms with Crippen molar-refractivity contribution in [3.63, 3.8) is 0 Å². The van der Waals surface area contributed by atoms with Crippen LogP contribution in [0.1, 0.15) is 16.7 Å². The standard InChI is InChI=1S/C29H23NO4/c1-19-27-21(15-26-24-9-5-6-10-25(24)29(31)34-28(19)26)16-30(18-33-27)22-11-13-23(14-12-22)32-17-20-7-3-2-4-8-20/h2-15H,16-18H2,1H3. The summed E-state index contributed by atoms with van der Waals surface area (Å²) in [6.07, 6.45) is 0. The van der Waals surface area contributed by atoms with Crippen molar-refractivity contribution in [2.75, 3.05) is 11.6 Å². The Kier molecular flexibility index (Phi) is 4.95. The summed E-state index contributed by atoms with van der Waals surface area (Å²) >= 11 is 0. The summed E-state index contributed by atoms with van der Waals surface area (Å²) < 4.78 is 17.8. The van der Waals surface area contributed by atoms with E-state index in [0.717, 1.165) is 44.6 Å². The summed E-state index contributed by atoms with van der Waals surface area (Å²) in [4.78, 5) is 14.7. The normalized spacial score (nSPS) is 13.0. The molecule has 5 aromatic rings. The molecule has 0 amide bonds. The highest BCUT2D eigenvalue weighted by atomic mass is 16.5. The van der Waals surface area contributed by atoms with Crippen molar-refractivity contribution < 1.29 is 13.9 Å². The Morgan fingerprint density at radius 1 is 0.882 bits per heavy atom. The topological polar surface area (TPSA) is 51.9 Å². The first-order chi connectivity index (χ1) is 16.7. The molecule has 5 heteroatoms. The predicted molar refractivity (Wildman–Crippen MR) is 134 cm³/mol. The van der Waals surface area contributed by atoms with Crippen molar-refractivity contribution in [2.45, 2.75) is 20.1 Å². The molecular formula is C29H23NO4. The molecule has 34 heavy (non-hydrogen) atoms. The van der Waals surface area contributed by atoms with Crippen LogP contribution in [0.2, 0.25) is 0 Å². The van der Waals surface area contributed by atoms with Crippen LogP contribution in [0, 0.1) is 6.92 Å². The zero-order valence-electron chi connectivity index (χ0n) is 18.8. The fourth-order valence-electron chi connectivity index (χ4n) is 4.60. The van der Waals surface area contributed by atoms with Crippen molar-refractivity contribution in [3.05, 3.63) is 112 Å². The molecule has 1 aliphatic rings. The maximum absolute atomic E-state index is 12.5. The fourth-order valence-corrected chi connectivity index (χ4v) is 4.60. The molecule has 4 aromatic carbocycles. The molecule has 0 N–H and O–H groups in total. The third-order valence-corrected chi connectivity index (χ3v) is 6.34. The minimum absolute atomic E-state index is 0.321. The highest BCUT2D eigenvalue weighted by molar-refractivity contribution is 6.06. The van der Waals surface area contributed by atoms with Crippen molar-refractivity contribution in [1.82, 2.24) is 0 Å². The van der Waals surface area contributed by atoms with E-state index in [1.54, 1.807) is 6.07 Å². The molecule has 0 aliphatic carbocycles. The van der Waals surface area contributed by atoms with Gasteiger partial charge in [-0.25, -0.2) is 4.79 Å². The zero-order valence-corrected chi connectivity index (χ0v) is 18.8. The van der Waals surface area contributed by atoms with E-state index in [1.165, 1.54) is 0 Å². The second-order valence-corrected chi connectivity index (χ2v) is 8.54. The Morgan fingerprint density at radius 3 is 2.41 bits per heavy atom. The molecule has 5 nitrogen and oxygen atoms in total. The number of rotatable bonds is 4. The number of aryl methyl sites for hydroxylation is 1. The van der Waals surface area contributed by atoms with Gasteiger partial charge in [-0.1, -0.05) is 48.5 Å². The maximum atomic E-state index is 12.5. The first-order valence-electron chi connectivity index (χ1n) is 11.3. The van der Waals surface area contributed by atoms with E-state index in [-0.39, 0.29) is 5.63 Å². The van der Waals surface area contributed by atoms with E-state index in [1.807, 2.05) is 55.5 Å². The highest BCUT2D eigenvalue weighted by Gasteiger charge is 2.23. The maximum Gasteiger partial charge on any atom is 0.344 e. The fraction of sp³-hybridized carbons (Fsp3) is 0.138. The summed E-state index contributed by atoms with van der Waals surface area (Å²) in [5.74, 6) is 1.62. The van der Waals surface area contributed by atoms with E-state index in [2.05, 4.69) is 35.2 Å². The van der Waals surface area contributed by atoms with Gasteiger partial charge in [0.15, 0.2) is 6.73 Å². The minimum atomic E-state index is -0.321. The largest absolute Gasteiger partial charge is 0.489 e. The van der Waals surface area contributed by atoms with Crippen LogP contribution < -0.4 is 20.0 Å². The predicted octanol–water partition coefficient (Wildman–Crippen LogP) is 6.19. The molecular weight excluding hydrogens is 426 g/mol. The van der Waals surface area contributed by atoms with Gasteiger partial charge in [0.2, 0.25) is 0 Å². The minimum Gasteiger partial charge on any atom is -0.489 e. The molecule has 0 spiro atoms. The van der Waals surface area contributed by atoms with Gasteiger partial charge in [0.25, 0.3) is 0 Å². The summed E-state index contributed by atoms with van der Waals surface area (Å²) in [6.45, 7) is 3.61. The monoisotopic (exact) mass is 449 g/mol. The van der Waals surface area contributed by atoms with Gasteiger partial charge in [-0.15, -0.1) is 0 Å². The first kappa shape index (κ1) is 20.4. The van der Waals surface area contributed by atoms with Crippen molar-refractivity contribution in [3.8, 4) is 11.5 Å². The number of benzene rings is 4. The SMILES string of the molecule is Cc1c2c(cc3c1oc(=O)c1ccccc13)CN(c1ccc(OCc3ccccc3)cc1)CO2. The van der Waals surface area contributed by atoms with E-state index in [0.29, 0.717) is 30.9 Å². The molecule has 0 atom stereocenters. The molecule has 6 rings (SSSR count). The van der Waals surface area contributed by atoms with Crippen LogP contribution in [-0.2, 0) is 13.2 Å². The molecule has 1 aromatic heterocycles. The quantitative estimate of drug-likeness (QED) is 0.242. The van der Waals surface area contributed by atoms with E-state index < -0.39 is 0 Å². The molecule has 0 saturated heterocycles. The van der Waals surface area contributed by atoms with E-state index >= 15 is 0 Å². The first-order valence-corrected chi connectivity index (χ1v) is 11.3. The lowest BCUT2D eigenvalue weighted by Gasteiger charge is -2.32. The smallest absolute Gasteiger partial charge is 0.344 e. The number of hydrogen-bond donors (Lipinski definition) is 0. The van der Waals surface area contributed by atoms with Gasteiger partial charge in [-0.2, -0.15) is 0 Å². The molecule has 0 radical (unpaired) electrons. The number of nitrogens with zero attached hydrogens (tertiary/aromatic N) is 1. The lowest BCUT2D eigenvalue weighted by atomic mass is 10.00. The number of anilines is 1. The van der Waals surface area contributed by atoms with Crippen molar-refractivity contribution >= 4 is 27.4 Å². The summed E-state index contributed by atoms with van der Waals surface area (Å²) in [5.41, 5.74) is 4.40. The number of hydrogen-bond acceptors (Lipinski definition) is 5. The van der Waals surface area contributed by atoms with Crippen LogP contribution in [0.15, 0.2) is 94.1 Å². The third-order valence-electron chi connectivity index (χ3n) is 6.34. The van der Waals surface area contributed by atoms with Gasteiger partial charge in [0.1, 0.15) is 23.7 Å². The Hall–Kier alpha value is -4.25. The molecule has 168 valence electrons. The molecule has 0 bridgehead atoms. The molecule has 1 aliphatic heterocycles. The van der Waals surface area contributed by atoms with E-state index in [9.17, 15) is 4.79 Å². The molecule has 0 saturated carbocycles. The van der Waals surface area contributed by atoms with Gasteiger partial charge < -0.3 is 18.8 Å². The summed E-state index contributed by atoms with van der Waals surface area (Å²) in [6, 6.07) is 27.9. The van der Waals surface area contributed by atoms with Crippen LogP contribution in [0.4, 0.5) is 5.69 Å². The highest BCUT2D eigenvalue weighted by Crippen LogP contribution is 2.38. The second-order valence-electron chi connectivity index (χ2n) is 8.54. The van der Waals surface area contributed by atoms with Gasteiger partial charge in [-0.05, 0) is 54.3 Å². The van der Waals surface area contributed by atoms with Crippen LogP contribution in [0.25, 0.3) is 21.7 Å². The van der Waals surface area contributed by atoms with Crippen molar-refractivity contribution in [1.29, 1.82) is 0 Å². The van der Waals surface area contributed by atoms with Gasteiger partial charge >= 0.3 is 5.63 Å². The summed E-state index contributed by atoms with van der Waals surface area (Å²) in [7, 11) is 0. The van der Waals surface area contributed by atoms with Gasteiger partial charge in [0.05, 0.1) is 5.39 Å². The summed E-state index contributed by atoms with van der Waals surface area (Å²) in [5, 5.41) is 2.42. The molecule has 2 heterocycles. The van der Waals surface area contributed by atoms with Crippen LogP contribution in [-0.4, -0.2) is 6.73 Å². The average Bonchev–Trinajstić information content (AvgIpc) is 2.89. The second kappa shape index (κ2) is 8.27. The van der Waals surface area contributed by atoms with Gasteiger partial charge in [0, 0.05) is 28.7 Å². The average molecular weight is 450 g/mol. The molecule has 0 fully saturated rings. The van der Waals surface area contributed by atoms with E-state index in [4.69, 9.17) is 13.9 Å². The number of ether oxygens (including phenoxy) is 2. The van der Waals surface area contributed by atoms with Crippen LogP contribution >= 0.6 is 0 Å². The zero-order chi connectivity index (χ0) is 23.1. The third kappa shape index (κ3) is 3.55. The lowest BCUT2D eigenvalue weighted by molar-refractivity contribution is 0.287. The Labute approximate surface area is 196 Å². The Balaban J connectivity index is 1.28. The Morgan fingerprint density at radius 2 is 1.62 bits per heavy atom.